The smallest absolute Gasteiger partial charge is 0.242 e. The number of carbonyl (C=O) groups is 1. The Hall–Kier alpha value is -1.68. The van der Waals surface area contributed by atoms with E-state index < -0.39 is 6.04 Å². The fourth-order valence-corrected chi connectivity index (χ4v) is 2.72. The Bertz CT molecular complexity index is 525. The Morgan fingerprint density at radius 1 is 1.38 bits per heavy atom. The molecule has 0 radical (unpaired) electrons. The number of likely N-dealkylation sites (N-methyl/N-ethyl adjacent to an activating group) is 1. The van der Waals surface area contributed by atoms with Gasteiger partial charge in [0.2, 0.25) is 5.91 Å². The van der Waals surface area contributed by atoms with E-state index >= 15 is 0 Å². The van der Waals surface area contributed by atoms with Crippen LogP contribution < -0.4 is 5.32 Å². The molecule has 0 unspecified atom stereocenters. The van der Waals surface area contributed by atoms with Crippen molar-refractivity contribution in [1.82, 2.24) is 10.2 Å². The Labute approximate surface area is 125 Å². The maximum atomic E-state index is 13.4. The number of hydrogen-bond donors (Lipinski definition) is 1. The number of halogens is 1. The monoisotopic (exact) mass is 290 g/mol. The summed E-state index contributed by atoms with van der Waals surface area (Å²) in [5.41, 5.74) is 1.97. The Morgan fingerprint density at radius 3 is 2.81 bits per heavy atom. The summed E-state index contributed by atoms with van der Waals surface area (Å²) in [5.74, 6) is -0.404. The third kappa shape index (κ3) is 4.39. The first-order chi connectivity index (χ1) is 10.1. The molecule has 2 rings (SSSR count). The molecule has 1 atom stereocenters. The molecule has 0 spiro atoms. The van der Waals surface area contributed by atoms with Crippen molar-refractivity contribution >= 4 is 5.91 Å². The highest BCUT2D eigenvalue weighted by Gasteiger charge is 2.23. The summed E-state index contributed by atoms with van der Waals surface area (Å²) in [7, 11) is 3.66. The molecule has 4 heteroatoms. The van der Waals surface area contributed by atoms with Crippen molar-refractivity contribution in [2.45, 2.75) is 31.7 Å². The van der Waals surface area contributed by atoms with Gasteiger partial charge in [-0.25, -0.2) is 4.39 Å². The van der Waals surface area contributed by atoms with Crippen molar-refractivity contribution in [3.05, 3.63) is 47.3 Å². The van der Waals surface area contributed by atoms with Gasteiger partial charge in [0.05, 0.1) is 0 Å². The highest BCUT2D eigenvalue weighted by Crippen LogP contribution is 2.20. The van der Waals surface area contributed by atoms with E-state index in [-0.39, 0.29) is 11.7 Å². The van der Waals surface area contributed by atoms with Gasteiger partial charge in [0.25, 0.3) is 0 Å². The lowest BCUT2D eigenvalue weighted by Crippen LogP contribution is -2.38. The van der Waals surface area contributed by atoms with Gasteiger partial charge >= 0.3 is 0 Å². The number of hydrogen-bond acceptors (Lipinski definition) is 2. The Kier molecular flexibility index (Phi) is 5.51. The minimum atomic E-state index is -0.468. The zero-order valence-corrected chi connectivity index (χ0v) is 12.7. The highest BCUT2D eigenvalue weighted by atomic mass is 19.1. The van der Waals surface area contributed by atoms with E-state index in [2.05, 4.69) is 11.4 Å². The van der Waals surface area contributed by atoms with Crippen LogP contribution in [0.1, 0.15) is 37.3 Å². The lowest BCUT2D eigenvalue weighted by atomic mass is 9.99. The van der Waals surface area contributed by atoms with Crippen LogP contribution in [-0.4, -0.2) is 31.4 Å². The maximum absolute atomic E-state index is 13.4. The summed E-state index contributed by atoms with van der Waals surface area (Å²) in [4.78, 5) is 14.2. The zero-order chi connectivity index (χ0) is 15.2. The van der Waals surface area contributed by atoms with Crippen molar-refractivity contribution in [2.75, 3.05) is 20.6 Å². The van der Waals surface area contributed by atoms with E-state index in [0.717, 1.165) is 12.8 Å². The molecule has 0 saturated carbocycles. The molecule has 1 aliphatic carbocycles. The molecule has 0 aliphatic heterocycles. The van der Waals surface area contributed by atoms with Crippen molar-refractivity contribution in [3.63, 3.8) is 0 Å². The second-order valence-corrected chi connectivity index (χ2v) is 5.75. The van der Waals surface area contributed by atoms with Crippen LogP contribution in [0.2, 0.25) is 0 Å². The summed E-state index contributed by atoms with van der Waals surface area (Å²) in [5, 5.41) is 2.98. The summed E-state index contributed by atoms with van der Waals surface area (Å²) < 4.78 is 13.4. The van der Waals surface area contributed by atoms with E-state index in [9.17, 15) is 9.18 Å². The average Bonchev–Trinajstić information content (AvgIpc) is 2.46. The molecule has 0 aromatic heterocycles. The van der Waals surface area contributed by atoms with Gasteiger partial charge in [0.15, 0.2) is 0 Å². The van der Waals surface area contributed by atoms with Crippen molar-refractivity contribution in [2.24, 2.45) is 0 Å². The number of allylic oxidation sites excluding steroid dienone is 1. The molecule has 0 saturated heterocycles. The molecule has 1 aromatic carbocycles. The standard InChI is InChI=1S/C17H23FN2O/c1-20(2)16(14-9-6-10-15(18)11-14)17(21)19-12-13-7-4-3-5-8-13/h6-7,9-11,16H,3-5,8,12H2,1-2H3,(H,19,21)/t16-/m0/s1. The van der Waals surface area contributed by atoms with Crippen LogP contribution >= 0.6 is 0 Å². The highest BCUT2D eigenvalue weighted by molar-refractivity contribution is 5.83. The van der Waals surface area contributed by atoms with E-state index in [0.29, 0.717) is 12.1 Å². The number of nitrogens with zero attached hydrogens (tertiary/aromatic N) is 1. The molecular formula is C17H23FN2O. The van der Waals surface area contributed by atoms with E-state index in [4.69, 9.17) is 0 Å². The number of benzene rings is 1. The summed E-state index contributed by atoms with van der Waals surface area (Å²) in [6, 6.07) is 5.76. The molecule has 1 aliphatic rings. The first-order valence-corrected chi connectivity index (χ1v) is 7.45. The predicted molar refractivity (Wildman–Crippen MR) is 82.4 cm³/mol. The van der Waals surface area contributed by atoms with Gasteiger partial charge in [-0.3, -0.25) is 9.69 Å². The fourth-order valence-electron chi connectivity index (χ4n) is 2.72. The molecule has 0 heterocycles. The van der Waals surface area contributed by atoms with Gasteiger partial charge in [0.1, 0.15) is 11.9 Å². The number of carbonyl (C=O) groups excluding carboxylic acids is 1. The molecule has 114 valence electrons. The number of rotatable bonds is 5. The SMILES string of the molecule is CN(C)[C@H](C(=O)NCC1=CCCCC1)c1cccc(F)c1. The van der Waals surface area contributed by atoms with Crippen LogP contribution in [-0.2, 0) is 4.79 Å². The van der Waals surface area contributed by atoms with Gasteiger partial charge in [-0.2, -0.15) is 0 Å². The Morgan fingerprint density at radius 2 is 2.19 bits per heavy atom. The summed E-state index contributed by atoms with van der Waals surface area (Å²) in [6.07, 6.45) is 6.82. The molecule has 3 nitrogen and oxygen atoms in total. The van der Waals surface area contributed by atoms with Crippen LogP contribution in [0.4, 0.5) is 4.39 Å². The second kappa shape index (κ2) is 7.36. The zero-order valence-electron chi connectivity index (χ0n) is 12.7. The van der Waals surface area contributed by atoms with Crippen LogP contribution in [0.25, 0.3) is 0 Å². The summed E-state index contributed by atoms with van der Waals surface area (Å²) in [6.45, 7) is 0.596. The third-order valence-corrected chi connectivity index (χ3v) is 3.80. The van der Waals surface area contributed by atoms with Crippen LogP contribution in [0.5, 0.6) is 0 Å². The van der Waals surface area contributed by atoms with E-state index in [1.807, 2.05) is 14.1 Å². The molecular weight excluding hydrogens is 267 g/mol. The van der Waals surface area contributed by atoms with Crippen molar-refractivity contribution < 1.29 is 9.18 Å². The van der Waals surface area contributed by atoms with Gasteiger partial charge in [-0.15, -0.1) is 0 Å². The van der Waals surface area contributed by atoms with Crippen LogP contribution in [0, 0.1) is 5.82 Å². The number of nitrogens with one attached hydrogen (secondary N) is 1. The quantitative estimate of drug-likeness (QED) is 0.845. The molecule has 21 heavy (non-hydrogen) atoms. The molecule has 1 N–H and O–H groups in total. The van der Waals surface area contributed by atoms with Gasteiger partial charge < -0.3 is 5.32 Å². The second-order valence-electron chi connectivity index (χ2n) is 5.75. The topological polar surface area (TPSA) is 32.3 Å². The minimum absolute atomic E-state index is 0.0860. The lowest BCUT2D eigenvalue weighted by molar-refractivity contribution is -0.125. The average molecular weight is 290 g/mol. The van der Waals surface area contributed by atoms with Crippen LogP contribution in [0.15, 0.2) is 35.9 Å². The first-order valence-electron chi connectivity index (χ1n) is 7.45. The predicted octanol–water partition coefficient (Wildman–Crippen LogP) is 3.05. The number of amides is 1. The molecule has 1 aromatic rings. The third-order valence-electron chi connectivity index (χ3n) is 3.80. The first kappa shape index (κ1) is 15.7. The van der Waals surface area contributed by atoms with Gasteiger partial charge in [-0.1, -0.05) is 23.8 Å². The van der Waals surface area contributed by atoms with Crippen molar-refractivity contribution in [3.8, 4) is 0 Å². The molecule has 0 bridgehead atoms. The molecule has 0 fully saturated rings. The van der Waals surface area contributed by atoms with Gasteiger partial charge in [0, 0.05) is 6.54 Å². The largest absolute Gasteiger partial charge is 0.351 e. The van der Waals surface area contributed by atoms with E-state index in [1.165, 1.54) is 30.5 Å². The lowest BCUT2D eigenvalue weighted by Gasteiger charge is -2.24. The normalized spacial score (nSPS) is 16.5. The fraction of sp³-hybridized carbons (Fsp3) is 0.471. The van der Waals surface area contributed by atoms with Crippen molar-refractivity contribution in [1.29, 1.82) is 0 Å². The molecule has 1 amide bonds. The van der Waals surface area contributed by atoms with Gasteiger partial charge in [-0.05, 0) is 57.5 Å². The van der Waals surface area contributed by atoms with E-state index in [1.54, 1.807) is 17.0 Å². The summed E-state index contributed by atoms with van der Waals surface area (Å²) >= 11 is 0. The maximum Gasteiger partial charge on any atom is 0.242 e. The Balaban J connectivity index is 2.04. The van der Waals surface area contributed by atoms with Crippen LogP contribution in [0.3, 0.4) is 0 Å². The minimum Gasteiger partial charge on any atom is -0.351 e.